The zero-order valence-corrected chi connectivity index (χ0v) is 12.8. The molecule has 0 bridgehead atoms. The molecule has 0 amide bonds. The number of hydrogen-bond acceptors (Lipinski definition) is 4. The highest BCUT2D eigenvalue weighted by molar-refractivity contribution is 8.15. The van der Waals surface area contributed by atoms with E-state index in [2.05, 4.69) is 0 Å². The molecule has 2 atom stereocenters. The highest BCUT2D eigenvalue weighted by Crippen LogP contribution is 2.43. The second-order valence-corrected chi connectivity index (χ2v) is 8.72. The molecule has 0 saturated carbocycles. The lowest BCUT2D eigenvalue weighted by Crippen LogP contribution is -2.37. The lowest BCUT2D eigenvalue weighted by atomic mass is 10.2. The Labute approximate surface area is 125 Å². The average molecular weight is 337 g/mol. The third-order valence-electron chi connectivity index (χ3n) is 3.28. The second-order valence-electron chi connectivity index (χ2n) is 4.55. The molecule has 0 aliphatic carbocycles. The van der Waals surface area contributed by atoms with Crippen LogP contribution in [0.4, 0.5) is 5.69 Å². The monoisotopic (exact) mass is 336 g/mol. The van der Waals surface area contributed by atoms with E-state index in [1.54, 1.807) is 23.1 Å². The third-order valence-corrected chi connectivity index (χ3v) is 7.22. The summed E-state index contributed by atoms with van der Waals surface area (Å²) in [5.74, 6) is 0.190. The molecular weight excluding hydrogens is 327 g/mol. The van der Waals surface area contributed by atoms with Gasteiger partial charge in [-0.2, -0.15) is 0 Å². The number of hydrogen-bond donors (Lipinski definition) is 1. The Morgan fingerprint density at radius 3 is 2.79 bits per heavy atom. The molecule has 8 heteroatoms. The Morgan fingerprint density at radius 1 is 1.32 bits per heavy atom. The maximum Gasteiger partial charge on any atom is 0.161 e. The zero-order valence-electron chi connectivity index (χ0n) is 9.64. The van der Waals surface area contributed by atoms with Crippen LogP contribution in [0.5, 0.6) is 0 Å². The van der Waals surface area contributed by atoms with Crippen LogP contribution in [0, 0.1) is 5.41 Å². The van der Waals surface area contributed by atoms with Gasteiger partial charge in [0, 0.05) is 5.25 Å². The van der Waals surface area contributed by atoms with Crippen LogP contribution in [0.15, 0.2) is 18.2 Å². The van der Waals surface area contributed by atoms with Crippen LogP contribution in [0.2, 0.25) is 10.0 Å². The first-order chi connectivity index (χ1) is 8.89. The van der Waals surface area contributed by atoms with E-state index in [0.717, 1.165) is 0 Å². The van der Waals surface area contributed by atoms with Crippen LogP contribution in [0.1, 0.15) is 0 Å². The van der Waals surface area contributed by atoms with E-state index >= 15 is 0 Å². The Balaban J connectivity index is 2.05. The molecule has 2 aliphatic heterocycles. The van der Waals surface area contributed by atoms with Gasteiger partial charge >= 0.3 is 0 Å². The minimum Gasteiger partial charge on any atom is -0.315 e. The van der Waals surface area contributed by atoms with Gasteiger partial charge < -0.3 is 4.90 Å². The summed E-state index contributed by atoms with van der Waals surface area (Å²) in [6.45, 7) is 0. The lowest BCUT2D eigenvalue weighted by Gasteiger charge is -2.25. The molecule has 3 rings (SSSR count). The highest BCUT2D eigenvalue weighted by Gasteiger charge is 2.49. The summed E-state index contributed by atoms with van der Waals surface area (Å²) in [5.41, 5.74) is 0.608. The maximum absolute atomic E-state index is 11.7. The second kappa shape index (κ2) is 4.55. The fraction of sp³-hybridized carbons (Fsp3) is 0.364. The molecule has 2 saturated heterocycles. The predicted octanol–water partition coefficient (Wildman–Crippen LogP) is 2.65. The van der Waals surface area contributed by atoms with Crippen molar-refractivity contribution in [1.82, 2.24) is 0 Å². The van der Waals surface area contributed by atoms with Gasteiger partial charge in [-0.05, 0) is 12.1 Å². The van der Waals surface area contributed by atoms with Crippen molar-refractivity contribution >= 4 is 55.7 Å². The fourth-order valence-corrected chi connectivity index (χ4v) is 6.64. The van der Waals surface area contributed by atoms with Gasteiger partial charge in [0.2, 0.25) is 0 Å². The number of fused-ring (bicyclic) bond motifs is 1. The molecule has 4 nitrogen and oxygen atoms in total. The lowest BCUT2D eigenvalue weighted by molar-refractivity contribution is 0.601. The molecule has 0 aromatic heterocycles. The van der Waals surface area contributed by atoms with Crippen molar-refractivity contribution < 1.29 is 8.42 Å². The standard InChI is InChI=1S/C11H10Cl2N2O2S2/c12-6-2-1-3-7(10(6)13)15-8-4-19(16,17)5-9(8)18-11(15)14/h1-3,8-9,14H,4-5H2/t8-,9+/m1/s1. The largest absolute Gasteiger partial charge is 0.315 e. The smallest absolute Gasteiger partial charge is 0.161 e. The Bertz CT molecular complexity index is 663. The summed E-state index contributed by atoms with van der Waals surface area (Å²) in [6.07, 6.45) is 0. The molecule has 1 aromatic carbocycles. The van der Waals surface area contributed by atoms with Crippen molar-refractivity contribution in [3.63, 3.8) is 0 Å². The van der Waals surface area contributed by atoms with Gasteiger partial charge in [0.05, 0.1) is 33.3 Å². The van der Waals surface area contributed by atoms with Gasteiger partial charge in [0.25, 0.3) is 0 Å². The first kappa shape index (κ1) is 13.5. The highest BCUT2D eigenvalue weighted by atomic mass is 35.5. The van der Waals surface area contributed by atoms with E-state index in [-0.39, 0.29) is 22.8 Å². The van der Waals surface area contributed by atoms with Crippen molar-refractivity contribution in [2.24, 2.45) is 0 Å². The summed E-state index contributed by atoms with van der Waals surface area (Å²) < 4.78 is 23.4. The van der Waals surface area contributed by atoms with E-state index < -0.39 is 9.84 Å². The summed E-state index contributed by atoms with van der Waals surface area (Å²) in [6, 6.07) is 4.95. The molecule has 2 heterocycles. The van der Waals surface area contributed by atoms with Crippen molar-refractivity contribution in [1.29, 1.82) is 5.41 Å². The van der Waals surface area contributed by atoms with Crippen LogP contribution in [-0.2, 0) is 9.84 Å². The van der Waals surface area contributed by atoms with Crippen LogP contribution in [0.3, 0.4) is 0 Å². The number of rotatable bonds is 1. The van der Waals surface area contributed by atoms with Crippen LogP contribution >= 0.6 is 35.0 Å². The van der Waals surface area contributed by atoms with E-state index in [9.17, 15) is 8.42 Å². The first-order valence-corrected chi connectivity index (χ1v) is 9.03. The zero-order chi connectivity index (χ0) is 13.8. The van der Waals surface area contributed by atoms with E-state index in [4.69, 9.17) is 28.6 Å². The molecule has 2 fully saturated rings. The first-order valence-electron chi connectivity index (χ1n) is 5.58. The van der Waals surface area contributed by atoms with Gasteiger partial charge in [0.1, 0.15) is 0 Å². The van der Waals surface area contributed by atoms with Gasteiger partial charge in [-0.25, -0.2) is 8.42 Å². The van der Waals surface area contributed by atoms with E-state index in [1.165, 1.54) is 11.8 Å². The number of nitrogens with one attached hydrogen (secondary N) is 1. The van der Waals surface area contributed by atoms with Crippen molar-refractivity contribution in [2.75, 3.05) is 16.4 Å². The molecular formula is C11H10Cl2N2O2S2. The quantitative estimate of drug-likeness (QED) is 0.856. The summed E-state index contributed by atoms with van der Waals surface area (Å²) in [5, 5.41) is 9.03. The summed E-state index contributed by atoms with van der Waals surface area (Å²) >= 11 is 13.4. The number of halogens is 2. The van der Waals surface area contributed by atoms with Crippen molar-refractivity contribution in [3.8, 4) is 0 Å². The number of anilines is 1. The van der Waals surface area contributed by atoms with Crippen molar-refractivity contribution in [3.05, 3.63) is 28.2 Å². The third kappa shape index (κ3) is 2.24. The minimum atomic E-state index is -3.03. The molecule has 102 valence electrons. The molecule has 1 N–H and O–H groups in total. The Kier molecular flexibility index (Phi) is 3.24. The molecule has 0 spiro atoms. The summed E-state index contributed by atoms with van der Waals surface area (Å²) in [7, 11) is -3.03. The van der Waals surface area contributed by atoms with Crippen LogP contribution < -0.4 is 4.90 Å². The molecule has 0 radical (unpaired) electrons. The van der Waals surface area contributed by atoms with E-state index in [1.807, 2.05) is 0 Å². The molecule has 1 aromatic rings. The van der Waals surface area contributed by atoms with Gasteiger partial charge in [-0.1, -0.05) is 41.0 Å². The number of nitrogens with zero attached hydrogens (tertiary/aromatic N) is 1. The number of benzene rings is 1. The number of sulfone groups is 1. The minimum absolute atomic E-state index is 0.0654. The number of thioether (sulfide) groups is 1. The summed E-state index contributed by atoms with van der Waals surface area (Å²) in [4.78, 5) is 1.69. The van der Waals surface area contributed by atoms with Gasteiger partial charge in [-0.15, -0.1) is 0 Å². The molecule has 19 heavy (non-hydrogen) atoms. The predicted molar refractivity (Wildman–Crippen MR) is 80.5 cm³/mol. The van der Waals surface area contributed by atoms with Gasteiger partial charge in [0.15, 0.2) is 15.0 Å². The SMILES string of the molecule is N=C1S[C@H]2CS(=O)(=O)C[C@H]2N1c1cccc(Cl)c1Cl. The topological polar surface area (TPSA) is 61.2 Å². The Morgan fingerprint density at radius 2 is 2.05 bits per heavy atom. The van der Waals surface area contributed by atoms with Crippen LogP contribution in [-0.4, -0.2) is 36.4 Å². The average Bonchev–Trinajstić information content (AvgIpc) is 2.73. The fourth-order valence-electron chi connectivity index (χ4n) is 2.47. The maximum atomic E-state index is 11.7. The number of amidine groups is 1. The van der Waals surface area contributed by atoms with Gasteiger partial charge in [-0.3, -0.25) is 5.41 Å². The van der Waals surface area contributed by atoms with E-state index in [0.29, 0.717) is 20.9 Å². The molecule has 0 unspecified atom stereocenters. The van der Waals surface area contributed by atoms with Crippen LogP contribution in [0.25, 0.3) is 0 Å². The normalized spacial score (nSPS) is 28.7. The Hall–Kier alpha value is -0.430. The van der Waals surface area contributed by atoms with Crippen molar-refractivity contribution in [2.45, 2.75) is 11.3 Å². The molecule has 2 aliphatic rings.